The number of hydrogen-bond acceptors (Lipinski definition) is 4. The molecule has 1 fully saturated rings. The third-order valence-electron chi connectivity index (χ3n) is 4.89. The van der Waals surface area contributed by atoms with Gasteiger partial charge >= 0.3 is 0 Å². The molecule has 1 aromatic carbocycles. The van der Waals surface area contributed by atoms with Crippen molar-refractivity contribution in [2.45, 2.75) is 19.3 Å². The summed E-state index contributed by atoms with van der Waals surface area (Å²) in [6, 6.07) is 8.24. The summed E-state index contributed by atoms with van der Waals surface area (Å²) in [6.07, 6.45) is 6.21. The zero-order chi connectivity index (χ0) is 16.5. The molecular weight excluding hydrogens is 368 g/mol. The molecule has 3 heterocycles. The van der Waals surface area contributed by atoms with Gasteiger partial charge in [-0.1, -0.05) is 18.2 Å². The number of halogens is 1. The van der Waals surface area contributed by atoms with Gasteiger partial charge in [0.1, 0.15) is 0 Å². The lowest BCUT2D eigenvalue weighted by Gasteiger charge is -2.33. The van der Waals surface area contributed by atoms with E-state index in [0.717, 1.165) is 55.0 Å². The Balaban J connectivity index is 1.41. The van der Waals surface area contributed by atoms with Gasteiger partial charge in [0.05, 0.1) is 4.47 Å². The van der Waals surface area contributed by atoms with E-state index in [1.165, 1.54) is 5.56 Å². The van der Waals surface area contributed by atoms with Crippen LogP contribution >= 0.6 is 15.9 Å². The number of aromatic nitrogens is 2. The monoisotopic (exact) mass is 386 g/mol. The highest BCUT2D eigenvalue weighted by atomic mass is 79.9. The fourth-order valence-corrected chi connectivity index (χ4v) is 3.79. The van der Waals surface area contributed by atoms with Crippen molar-refractivity contribution in [2.75, 3.05) is 29.4 Å². The molecule has 1 amide bonds. The number of amides is 1. The van der Waals surface area contributed by atoms with Crippen LogP contribution in [0.5, 0.6) is 0 Å². The number of para-hydroxylation sites is 1. The molecule has 5 nitrogen and oxygen atoms in total. The molecule has 2 aliphatic heterocycles. The largest absolute Gasteiger partial charge is 0.341 e. The zero-order valence-electron chi connectivity index (χ0n) is 13.4. The Labute approximate surface area is 149 Å². The van der Waals surface area contributed by atoms with Gasteiger partial charge in [-0.3, -0.25) is 4.79 Å². The molecule has 0 bridgehead atoms. The highest BCUT2D eigenvalue weighted by Crippen LogP contribution is 2.31. The topological polar surface area (TPSA) is 49.3 Å². The number of nitrogens with zero attached hydrogens (tertiary/aromatic N) is 4. The van der Waals surface area contributed by atoms with Gasteiger partial charge in [-0.15, -0.1) is 0 Å². The van der Waals surface area contributed by atoms with Crippen LogP contribution in [0, 0.1) is 5.92 Å². The van der Waals surface area contributed by atoms with Crippen molar-refractivity contribution in [3.8, 4) is 0 Å². The number of piperidine rings is 1. The Bertz CT molecular complexity index is 741. The molecule has 6 heteroatoms. The second kappa shape index (κ2) is 6.51. The van der Waals surface area contributed by atoms with Crippen molar-refractivity contribution >= 4 is 33.5 Å². The molecule has 0 unspecified atom stereocenters. The summed E-state index contributed by atoms with van der Waals surface area (Å²) in [6.45, 7) is 2.47. The third kappa shape index (κ3) is 2.90. The Morgan fingerprint density at radius 2 is 1.79 bits per heavy atom. The summed E-state index contributed by atoms with van der Waals surface area (Å²) in [4.78, 5) is 25.8. The van der Waals surface area contributed by atoms with Crippen LogP contribution in [-0.2, 0) is 11.2 Å². The standard InChI is InChI=1S/C18H19BrN4O/c19-15-11-20-18(21-12-15)22-8-5-14(6-9-22)17(24)23-10-7-13-3-1-2-4-16(13)23/h1-4,11-12,14H,5-10H2. The highest BCUT2D eigenvalue weighted by Gasteiger charge is 2.32. The maximum Gasteiger partial charge on any atom is 0.230 e. The molecule has 2 aliphatic rings. The number of hydrogen-bond donors (Lipinski definition) is 0. The minimum Gasteiger partial charge on any atom is -0.341 e. The quantitative estimate of drug-likeness (QED) is 0.795. The highest BCUT2D eigenvalue weighted by molar-refractivity contribution is 9.10. The Hall–Kier alpha value is -1.95. The summed E-state index contributed by atoms with van der Waals surface area (Å²) in [5, 5.41) is 0. The van der Waals surface area contributed by atoms with Gasteiger partial charge in [0.2, 0.25) is 11.9 Å². The minimum absolute atomic E-state index is 0.0999. The lowest BCUT2D eigenvalue weighted by atomic mass is 9.95. The third-order valence-corrected chi connectivity index (χ3v) is 5.30. The van der Waals surface area contributed by atoms with E-state index >= 15 is 0 Å². The maximum atomic E-state index is 12.9. The second-order valence-corrected chi connectivity index (χ2v) is 7.25. The lowest BCUT2D eigenvalue weighted by molar-refractivity contribution is -0.122. The van der Waals surface area contributed by atoms with Gasteiger partial charge in [-0.05, 0) is 46.8 Å². The van der Waals surface area contributed by atoms with E-state index in [4.69, 9.17) is 0 Å². The van der Waals surface area contributed by atoms with Gasteiger partial charge in [-0.25, -0.2) is 9.97 Å². The summed E-state index contributed by atoms with van der Waals surface area (Å²) in [5.74, 6) is 1.12. The Morgan fingerprint density at radius 3 is 2.54 bits per heavy atom. The molecule has 0 radical (unpaired) electrons. The maximum absolute atomic E-state index is 12.9. The van der Waals surface area contributed by atoms with Crippen molar-refractivity contribution in [1.82, 2.24) is 9.97 Å². The van der Waals surface area contributed by atoms with E-state index in [1.54, 1.807) is 12.4 Å². The predicted molar refractivity (Wildman–Crippen MR) is 97.2 cm³/mol. The molecule has 4 rings (SSSR count). The molecule has 0 aliphatic carbocycles. The molecule has 0 spiro atoms. The van der Waals surface area contributed by atoms with Crippen LogP contribution in [0.2, 0.25) is 0 Å². The van der Waals surface area contributed by atoms with E-state index in [9.17, 15) is 4.79 Å². The molecule has 2 aromatic rings. The van der Waals surface area contributed by atoms with Gasteiger partial charge in [0, 0.05) is 43.6 Å². The van der Waals surface area contributed by atoms with E-state index in [1.807, 2.05) is 17.0 Å². The van der Waals surface area contributed by atoms with Crippen LogP contribution < -0.4 is 9.80 Å². The summed E-state index contributed by atoms with van der Waals surface area (Å²) in [7, 11) is 0. The summed E-state index contributed by atoms with van der Waals surface area (Å²) < 4.78 is 0.879. The zero-order valence-corrected chi connectivity index (χ0v) is 14.9. The first-order valence-corrected chi connectivity index (χ1v) is 9.13. The molecule has 0 atom stereocenters. The number of rotatable bonds is 2. The first-order chi connectivity index (χ1) is 11.7. The summed E-state index contributed by atoms with van der Waals surface area (Å²) in [5.41, 5.74) is 2.38. The molecule has 124 valence electrons. The number of carbonyl (C=O) groups is 1. The van der Waals surface area contributed by atoms with Crippen molar-refractivity contribution in [3.63, 3.8) is 0 Å². The van der Waals surface area contributed by atoms with Crippen LogP contribution in [0.1, 0.15) is 18.4 Å². The molecule has 0 N–H and O–H groups in total. The van der Waals surface area contributed by atoms with Crippen molar-refractivity contribution in [2.24, 2.45) is 5.92 Å². The van der Waals surface area contributed by atoms with E-state index in [2.05, 4.69) is 42.9 Å². The minimum atomic E-state index is 0.0999. The van der Waals surface area contributed by atoms with Crippen LogP contribution in [0.4, 0.5) is 11.6 Å². The first-order valence-electron chi connectivity index (χ1n) is 8.34. The van der Waals surface area contributed by atoms with Crippen LogP contribution in [0.15, 0.2) is 41.1 Å². The fraction of sp³-hybridized carbons (Fsp3) is 0.389. The number of anilines is 2. The smallest absolute Gasteiger partial charge is 0.230 e. The number of carbonyl (C=O) groups excluding carboxylic acids is 1. The van der Waals surface area contributed by atoms with Crippen molar-refractivity contribution in [1.29, 1.82) is 0 Å². The average Bonchev–Trinajstić information content (AvgIpc) is 3.06. The average molecular weight is 387 g/mol. The Morgan fingerprint density at radius 1 is 1.08 bits per heavy atom. The van der Waals surface area contributed by atoms with E-state index in [-0.39, 0.29) is 11.8 Å². The first kappa shape index (κ1) is 15.6. The van der Waals surface area contributed by atoms with Crippen molar-refractivity contribution in [3.05, 3.63) is 46.7 Å². The van der Waals surface area contributed by atoms with Crippen molar-refractivity contribution < 1.29 is 4.79 Å². The molecule has 1 saturated heterocycles. The Kier molecular flexibility index (Phi) is 4.22. The van der Waals surface area contributed by atoms with Crippen LogP contribution in [-0.4, -0.2) is 35.5 Å². The predicted octanol–water partition coefficient (Wildman–Crippen LogP) is 3.04. The molecule has 1 aromatic heterocycles. The van der Waals surface area contributed by atoms with Crippen LogP contribution in [0.25, 0.3) is 0 Å². The van der Waals surface area contributed by atoms with Gasteiger partial charge in [0.15, 0.2) is 0 Å². The normalized spacial score (nSPS) is 17.9. The van der Waals surface area contributed by atoms with Crippen LogP contribution in [0.3, 0.4) is 0 Å². The second-order valence-electron chi connectivity index (χ2n) is 6.33. The fourth-order valence-electron chi connectivity index (χ4n) is 3.58. The van der Waals surface area contributed by atoms with Gasteiger partial charge < -0.3 is 9.80 Å². The van der Waals surface area contributed by atoms with E-state index < -0.39 is 0 Å². The molecular formula is C18H19BrN4O. The van der Waals surface area contributed by atoms with Gasteiger partial charge in [-0.2, -0.15) is 0 Å². The SMILES string of the molecule is O=C(C1CCN(c2ncc(Br)cn2)CC1)N1CCc2ccccc21. The van der Waals surface area contributed by atoms with Gasteiger partial charge in [0.25, 0.3) is 0 Å². The lowest BCUT2D eigenvalue weighted by Crippen LogP contribution is -2.42. The summed E-state index contributed by atoms with van der Waals surface area (Å²) >= 11 is 3.36. The van der Waals surface area contributed by atoms with E-state index in [0.29, 0.717) is 0 Å². The molecule has 24 heavy (non-hydrogen) atoms. The number of benzene rings is 1. The number of fused-ring (bicyclic) bond motifs is 1. The molecule has 0 saturated carbocycles.